The lowest BCUT2D eigenvalue weighted by Gasteiger charge is -2.26. The first kappa shape index (κ1) is 8.90. The third-order valence-corrected chi connectivity index (χ3v) is 3.08. The Morgan fingerprint density at radius 3 is 2.77 bits per heavy atom. The molecule has 0 saturated heterocycles. The minimum absolute atomic E-state index is 0.410. The molecule has 72 valence electrons. The maximum absolute atomic E-state index is 5.82. The fourth-order valence-corrected chi connectivity index (χ4v) is 2.20. The zero-order chi connectivity index (χ0) is 9.10. The Bertz CT molecular complexity index is 241. The number of rotatable bonds is 2. The van der Waals surface area contributed by atoms with E-state index in [4.69, 9.17) is 5.73 Å². The third kappa shape index (κ3) is 2.38. The zero-order valence-corrected chi connectivity index (χ0v) is 8.26. The molecule has 0 aliphatic heterocycles. The molecule has 0 amide bonds. The van der Waals surface area contributed by atoms with E-state index in [2.05, 4.69) is 15.5 Å². The standard InChI is InChI=1S/C8H14N4S/c9-6-1-3-7(4-2-6)11-8-12-10-5-13-8/h5-7H,1-4,9H2,(H,11,12). The molecule has 0 unspecified atom stereocenters. The smallest absolute Gasteiger partial charge is 0.205 e. The Morgan fingerprint density at radius 1 is 1.38 bits per heavy atom. The number of nitrogens with zero attached hydrogens (tertiary/aromatic N) is 2. The van der Waals surface area contributed by atoms with Crippen LogP contribution in [0.2, 0.25) is 0 Å². The van der Waals surface area contributed by atoms with Crippen molar-refractivity contribution in [3.63, 3.8) is 0 Å². The van der Waals surface area contributed by atoms with Gasteiger partial charge >= 0.3 is 0 Å². The van der Waals surface area contributed by atoms with Crippen LogP contribution in [0.25, 0.3) is 0 Å². The predicted octanol–water partition coefficient (Wildman–Crippen LogP) is 1.22. The van der Waals surface area contributed by atoms with E-state index in [1.165, 1.54) is 0 Å². The van der Waals surface area contributed by atoms with Crippen molar-refractivity contribution in [2.24, 2.45) is 5.73 Å². The molecule has 1 aliphatic carbocycles. The number of nitrogens with two attached hydrogens (primary N) is 1. The molecule has 0 radical (unpaired) electrons. The van der Waals surface area contributed by atoms with Gasteiger partial charge in [0.05, 0.1) is 0 Å². The Balaban J connectivity index is 1.83. The van der Waals surface area contributed by atoms with Crippen molar-refractivity contribution in [3.8, 4) is 0 Å². The maximum atomic E-state index is 5.82. The van der Waals surface area contributed by atoms with Crippen LogP contribution in [0.1, 0.15) is 25.7 Å². The second-order valence-corrected chi connectivity index (χ2v) is 4.33. The van der Waals surface area contributed by atoms with E-state index in [0.29, 0.717) is 12.1 Å². The highest BCUT2D eigenvalue weighted by atomic mass is 32.1. The zero-order valence-electron chi connectivity index (χ0n) is 7.44. The molecule has 3 N–H and O–H groups in total. The van der Waals surface area contributed by atoms with Gasteiger partial charge < -0.3 is 11.1 Å². The lowest BCUT2D eigenvalue weighted by atomic mass is 9.92. The highest BCUT2D eigenvalue weighted by molar-refractivity contribution is 7.13. The summed E-state index contributed by atoms with van der Waals surface area (Å²) in [4.78, 5) is 0. The topological polar surface area (TPSA) is 63.8 Å². The molecule has 4 nitrogen and oxygen atoms in total. The van der Waals surface area contributed by atoms with Crippen LogP contribution in [-0.4, -0.2) is 22.3 Å². The fraction of sp³-hybridized carbons (Fsp3) is 0.750. The molecule has 0 spiro atoms. The minimum Gasteiger partial charge on any atom is -0.357 e. The van der Waals surface area contributed by atoms with Crippen molar-refractivity contribution in [2.75, 3.05) is 5.32 Å². The van der Waals surface area contributed by atoms with Crippen LogP contribution >= 0.6 is 11.3 Å². The van der Waals surface area contributed by atoms with Crippen LogP contribution in [0.5, 0.6) is 0 Å². The van der Waals surface area contributed by atoms with E-state index in [-0.39, 0.29) is 0 Å². The van der Waals surface area contributed by atoms with Gasteiger partial charge in [-0.25, -0.2) is 0 Å². The van der Waals surface area contributed by atoms with Crippen LogP contribution in [0.4, 0.5) is 5.13 Å². The lowest BCUT2D eigenvalue weighted by molar-refractivity contribution is 0.411. The molecular weight excluding hydrogens is 184 g/mol. The molecule has 0 bridgehead atoms. The Kier molecular flexibility index (Phi) is 2.75. The summed E-state index contributed by atoms with van der Waals surface area (Å²) < 4.78 is 0. The van der Waals surface area contributed by atoms with E-state index in [1.807, 2.05) is 0 Å². The number of hydrogen-bond acceptors (Lipinski definition) is 5. The van der Waals surface area contributed by atoms with Crippen LogP contribution in [-0.2, 0) is 0 Å². The molecule has 13 heavy (non-hydrogen) atoms. The second kappa shape index (κ2) is 4.02. The first-order valence-electron chi connectivity index (χ1n) is 4.63. The van der Waals surface area contributed by atoms with E-state index < -0.39 is 0 Å². The first-order valence-corrected chi connectivity index (χ1v) is 5.51. The van der Waals surface area contributed by atoms with E-state index in [9.17, 15) is 0 Å². The SMILES string of the molecule is NC1CCC(Nc2nncs2)CC1. The monoisotopic (exact) mass is 198 g/mol. The number of hydrogen-bond donors (Lipinski definition) is 2. The molecule has 1 aliphatic rings. The quantitative estimate of drug-likeness (QED) is 0.750. The molecule has 0 atom stereocenters. The summed E-state index contributed by atoms with van der Waals surface area (Å²) in [6, 6.07) is 0.959. The maximum Gasteiger partial charge on any atom is 0.205 e. The molecule has 5 heteroatoms. The van der Waals surface area contributed by atoms with Crippen molar-refractivity contribution in [1.29, 1.82) is 0 Å². The van der Waals surface area contributed by atoms with Crippen molar-refractivity contribution >= 4 is 16.5 Å². The van der Waals surface area contributed by atoms with Crippen LogP contribution in [0, 0.1) is 0 Å². The van der Waals surface area contributed by atoms with Gasteiger partial charge in [0.1, 0.15) is 5.51 Å². The average molecular weight is 198 g/mol. The lowest BCUT2D eigenvalue weighted by Crippen LogP contribution is -2.32. The molecule has 1 aromatic heterocycles. The van der Waals surface area contributed by atoms with Crippen LogP contribution in [0.3, 0.4) is 0 Å². The Hall–Kier alpha value is -0.680. The average Bonchev–Trinajstić information content (AvgIpc) is 2.62. The van der Waals surface area contributed by atoms with Gasteiger partial charge in [0.15, 0.2) is 0 Å². The van der Waals surface area contributed by atoms with Gasteiger partial charge in [-0.1, -0.05) is 11.3 Å². The summed E-state index contributed by atoms with van der Waals surface area (Å²) in [5, 5.41) is 12.0. The highest BCUT2D eigenvalue weighted by Crippen LogP contribution is 2.21. The molecule has 1 heterocycles. The number of aromatic nitrogens is 2. The van der Waals surface area contributed by atoms with Gasteiger partial charge in [-0.15, -0.1) is 10.2 Å². The number of nitrogens with one attached hydrogen (secondary N) is 1. The van der Waals surface area contributed by atoms with E-state index in [1.54, 1.807) is 16.8 Å². The normalized spacial score (nSPS) is 28.7. The van der Waals surface area contributed by atoms with Crippen molar-refractivity contribution in [1.82, 2.24) is 10.2 Å². The van der Waals surface area contributed by atoms with Crippen LogP contribution < -0.4 is 11.1 Å². The Morgan fingerprint density at radius 2 is 2.15 bits per heavy atom. The van der Waals surface area contributed by atoms with E-state index in [0.717, 1.165) is 30.8 Å². The van der Waals surface area contributed by atoms with Gasteiger partial charge in [0, 0.05) is 12.1 Å². The summed E-state index contributed by atoms with van der Waals surface area (Å²) in [7, 11) is 0. The van der Waals surface area contributed by atoms with E-state index >= 15 is 0 Å². The van der Waals surface area contributed by atoms with Crippen molar-refractivity contribution in [3.05, 3.63) is 5.51 Å². The van der Waals surface area contributed by atoms with Crippen molar-refractivity contribution < 1.29 is 0 Å². The minimum atomic E-state index is 0.410. The number of anilines is 1. The molecule has 1 fully saturated rings. The second-order valence-electron chi connectivity index (χ2n) is 3.50. The predicted molar refractivity (Wildman–Crippen MR) is 53.8 cm³/mol. The largest absolute Gasteiger partial charge is 0.357 e. The van der Waals surface area contributed by atoms with Gasteiger partial charge in [-0.2, -0.15) is 0 Å². The summed E-state index contributed by atoms with van der Waals surface area (Å²) in [6.07, 6.45) is 4.55. The summed E-state index contributed by atoms with van der Waals surface area (Å²) in [5.74, 6) is 0. The fourth-order valence-electron chi connectivity index (χ4n) is 1.67. The van der Waals surface area contributed by atoms with Crippen molar-refractivity contribution in [2.45, 2.75) is 37.8 Å². The molecule has 2 rings (SSSR count). The van der Waals surface area contributed by atoms with Gasteiger partial charge in [0.25, 0.3) is 0 Å². The molecule has 0 aromatic carbocycles. The third-order valence-electron chi connectivity index (χ3n) is 2.46. The molecular formula is C8H14N4S. The van der Waals surface area contributed by atoms with Crippen LogP contribution in [0.15, 0.2) is 5.51 Å². The van der Waals surface area contributed by atoms with Gasteiger partial charge in [-0.3, -0.25) is 0 Å². The first-order chi connectivity index (χ1) is 6.34. The van der Waals surface area contributed by atoms with Gasteiger partial charge in [-0.05, 0) is 25.7 Å². The Labute approximate surface area is 81.6 Å². The molecule has 1 saturated carbocycles. The highest BCUT2D eigenvalue weighted by Gasteiger charge is 2.18. The summed E-state index contributed by atoms with van der Waals surface area (Å²) in [6.45, 7) is 0. The summed E-state index contributed by atoms with van der Waals surface area (Å²) >= 11 is 1.55. The molecule has 1 aromatic rings. The summed E-state index contributed by atoms with van der Waals surface area (Å²) in [5.41, 5.74) is 7.56. The van der Waals surface area contributed by atoms with Gasteiger partial charge in [0.2, 0.25) is 5.13 Å².